The molecule has 2 aromatic carbocycles. The van der Waals surface area contributed by atoms with Crippen molar-refractivity contribution in [3.63, 3.8) is 0 Å². The van der Waals surface area contributed by atoms with E-state index in [-0.39, 0.29) is 16.3 Å². The Morgan fingerprint density at radius 3 is 2.43 bits per heavy atom. The van der Waals surface area contributed by atoms with Crippen molar-refractivity contribution in [2.45, 2.75) is 18.7 Å². The van der Waals surface area contributed by atoms with Crippen LogP contribution in [0.4, 0.5) is 15.8 Å². The maximum atomic E-state index is 13.4. The molecule has 0 unspecified atom stereocenters. The number of benzene rings is 2. The quantitative estimate of drug-likeness (QED) is 0.879. The topological polar surface area (TPSA) is 75.3 Å². The molecule has 5 nitrogen and oxygen atoms in total. The second-order valence-electron chi connectivity index (χ2n) is 4.89. The van der Waals surface area contributed by atoms with Crippen molar-refractivity contribution < 1.29 is 17.6 Å². The van der Waals surface area contributed by atoms with Crippen LogP contribution in [0, 0.1) is 12.7 Å². The van der Waals surface area contributed by atoms with Crippen LogP contribution in [0.1, 0.15) is 12.5 Å². The normalized spacial score (nSPS) is 11.1. The maximum Gasteiger partial charge on any atom is 0.261 e. The minimum atomic E-state index is -3.95. The number of hydrogen-bond donors (Lipinski definition) is 2. The van der Waals surface area contributed by atoms with Gasteiger partial charge in [-0.05, 0) is 42.8 Å². The summed E-state index contributed by atoms with van der Waals surface area (Å²) in [4.78, 5) is 11.2. The first kappa shape index (κ1) is 17.2. The number of aryl methyl sites for hydroxylation is 1. The number of sulfonamides is 1. The third-order valence-corrected chi connectivity index (χ3v) is 4.76. The predicted molar refractivity (Wildman–Crippen MR) is 87.7 cm³/mol. The minimum Gasteiger partial charge on any atom is -0.325 e. The van der Waals surface area contributed by atoms with Gasteiger partial charge in [-0.1, -0.05) is 11.6 Å². The molecule has 23 heavy (non-hydrogen) atoms. The van der Waals surface area contributed by atoms with Gasteiger partial charge in [0.25, 0.3) is 10.0 Å². The van der Waals surface area contributed by atoms with E-state index in [0.29, 0.717) is 10.6 Å². The summed E-state index contributed by atoms with van der Waals surface area (Å²) in [6, 6.07) is 7.60. The van der Waals surface area contributed by atoms with E-state index in [9.17, 15) is 17.6 Å². The van der Waals surface area contributed by atoms with Crippen LogP contribution in [0.15, 0.2) is 41.3 Å². The van der Waals surface area contributed by atoms with Gasteiger partial charge in [0.15, 0.2) is 0 Å². The molecular formula is C15H14ClFN2O3S. The number of amides is 1. The van der Waals surface area contributed by atoms with Crippen LogP contribution in [-0.2, 0) is 14.8 Å². The molecule has 0 saturated carbocycles. The first-order valence-corrected chi connectivity index (χ1v) is 8.41. The van der Waals surface area contributed by atoms with Gasteiger partial charge in [-0.3, -0.25) is 9.52 Å². The lowest BCUT2D eigenvalue weighted by atomic mass is 10.2. The van der Waals surface area contributed by atoms with E-state index >= 15 is 0 Å². The van der Waals surface area contributed by atoms with Crippen LogP contribution in [0.2, 0.25) is 5.02 Å². The fraction of sp³-hybridized carbons (Fsp3) is 0.133. The van der Waals surface area contributed by atoms with Crippen LogP contribution in [-0.4, -0.2) is 14.3 Å². The number of hydrogen-bond acceptors (Lipinski definition) is 3. The molecule has 0 spiro atoms. The van der Waals surface area contributed by atoms with Crippen molar-refractivity contribution in [1.29, 1.82) is 0 Å². The lowest BCUT2D eigenvalue weighted by Gasteiger charge is -2.13. The summed E-state index contributed by atoms with van der Waals surface area (Å²) in [5, 5.41) is 2.88. The summed E-state index contributed by atoms with van der Waals surface area (Å²) in [6.07, 6.45) is 0. The first-order valence-electron chi connectivity index (χ1n) is 6.55. The molecular weight excluding hydrogens is 343 g/mol. The van der Waals surface area contributed by atoms with E-state index < -0.39 is 21.7 Å². The molecule has 0 bridgehead atoms. The molecule has 2 rings (SSSR count). The largest absolute Gasteiger partial charge is 0.325 e. The van der Waals surface area contributed by atoms with Crippen molar-refractivity contribution >= 4 is 38.9 Å². The van der Waals surface area contributed by atoms with Crippen molar-refractivity contribution in [2.75, 3.05) is 10.0 Å². The molecule has 0 aliphatic heterocycles. The molecule has 0 aromatic heterocycles. The van der Waals surface area contributed by atoms with Gasteiger partial charge in [-0.2, -0.15) is 0 Å². The monoisotopic (exact) mass is 356 g/mol. The second-order valence-corrected chi connectivity index (χ2v) is 6.98. The van der Waals surface area contributed by atoms with Crippen molar-refractivity contribution in [1.82, 2.24) is 0 Å². The lowest BCUT2D eigenvalue weighted by Crippen LogP contribution is -2.16. The third kappa shape index (κ3) is 4.20. The predicted octanol–water partition coefficient (Wildman–Crippen LogP) is 3.55. The Morgan fingerprint density at radius 1 is 1.13 bits per heavy atom. The Kier molecular flexibility index (Phi) is 4.91. The summed E-state index contributed by atoms with van der Waals surface area (Å²) < 4.78 is 40.5. The number of nitrogens with one attached hydrogen (secondary N) is 2. The Bertz CT molecular complexity index is 869. The van der Waals surface area contributed by atoms with Crippen LogP contribution in [0.25, 0.3) is 0 Å². The zero-order valence-electron chi connectivity index (χ0n) is 12.4. The van der Waals surface area contributed by atoms with E-state index in [0.717, 1.165) is 12.1 Å². The molecule has 1 amide bonds. The summed E-state index contributed by atoms with van der Waals surface area (Å²) in [5.74, 6) is -1.04. The molecule has 8 heteroatoms. The van der Waals surface area contributed by atoms with Crippen molar-refractivity contribution in [3.05, 3.63) is 52.8 Å². The van der Waals surface area contributed by atoms with E-state index in [2.05, 4.69) is 10.0 Å². The third-order valence-electron chi connectivity index (χ3n) is 2.98. The highest BCUT2D eigenvalue weighted by Crippen LogP contribution is 2.27. The Morgan fingerprint density at radius 2 is 1.83 bits per heavy atom. The fourth-order valence-corrected chi connectivity index (χ4v) is 3.16. The van der Waals surface area contributed by atoms with E-state index in [1.165, 1.54) is 31.2 Å². The van der Waals surface area contributed by atoms with Gasteiger partial charge in [0.2, 0.25) is 5.91 Å². The zero-order valence-corrected chi connectivity index (χ0v) is 13.9. The molecule has 0 radical (unpaired) electrons. The molecule has 2 N–H and O–H groups in total. The Labute approximate surface area is 138 Å². The average Bonchev–Trinajstić information content (AvgIpc) is 2.44. The van der Waals surface area contributed by atoms with Gasteiger partial charge in [0.05, 0.1) is 16.3 Å². The lowest BCUT2D eigenvalue weighted by molar-refractivity contribution is -0.114. The number of rotatable bonds is 4. The molecule has 0 aliphatic carbocycles. The molecule has 0 heterocycles. The molecule has 2 aromatic rings. The number of anilines is 2. The summed E-state index contributed by atoms with van der Waals surface area (Å²) in [7, 11) is -3.95. The Balaban J connectivity index is 2.42. The molecule has 0 saturated heterocycles. The molecule has 0 atom stereocenters. The van der Waals surface area contributed by atoms with Crippen LogP contribution < -0.4 is 10.0 Å². The van der Waals surface area contributed by atoms with E-state index in [1.807, 2.05) is 0 Å². The summed E-state index contributed by atoms with van der Waals surface area (Å²) in [6.45, 7) is 2.94. The van der Waals surface area contributed by atoms with Gasteiger partial charge in [-0.15, -0.1) is 0 Å². The van der Waals surface area contributed by atoms with Gasteiger partial charge >= 0.3 is 0 Å². The zero-order chi connectivity index (χ0) is 17.2. The van der Waals surface area contributed by atoms with Gasteiger partial charge < -0.3 is 5.32 Å². The first-order chi connectivity index (χ1) is 10.7. The maximum absolute atomic E-state index is 13.4. The van der Waals surface area contributed by atoms with Crippen LogP contribution in [0.3, 0.4) is 0 Å². The number of carbonyl (C=O) groups excluding carboxylic acids is 1. The van der Waals surface area contributed by atoms with E-state index in [4.69, 9.17) is 11.6 Å². The van der Waals surface area contributed by atoms with Gasteiger partial charge in [0, 0.05) is 18.0 Å². The summed E-state index contributed by atoms with van der Waals surface area (Å²) in [5.41, 5.74) is 0.692. The van der Waals surface area contributed by atoms with Crippen LogP contribution in [0.5, 0.6) is 0 Å². The van der Waals surface area contributed by atoms with Crippen molar-refractivity contribution in [2.24, 2.45) is 0 Å². The number of carbonyl (C=O) groups is 1. The van der Waals surface area contributed by atoms with Crippen molar-refractivity contribution in [3.8, 4) is 0 Å². The molecule has 122 valence electrons. The fourth-order valence-electron chi connectivity index (χ4n) is 1.89. The van der Waals surface area contributed by atoms with Gasteiger partial charge in [-0.25, -0.2) is 12.8 Å². The second kappa shape index (κ2) is 6.55. The standard InChI is InChI=1S/C15H14ClFN2O3S/c1-9-7-12(4-5-13(9)16)23(21,22)19-15-8-11(17)3-6-14(15)18-10(2)20/h3-8,19H,1-2H3,(H,18,20). The highest BCUT2D eigenvalue weighted by atomic mass is 35.5. The Hall–Kier alpha value is -2.12. The summed E-state index contributed by atoms with van der Waals surface area (Å²) >= 11 is 5.88. The van der Waals surface area contributed by atoms with Gasteiger partial charge in [0.1, 0.15) is 5.82 Å². The SMILES string of the molecule is CC(=O)Nc1ccc(F)cc1NS(=O)(=O)c1ccc(Cl)c(C)c1. The molecule has 0 fully saturated rings. The highest BCUT2D eigenvalue weighted by Gasteiger charge is 2.18. The highest BCUT2D eigenvalue weighted by molar-refractivity contribution is 7.92. The van der Waals surface area contributed by atoms with E-state index in [1.54, 1.807) is 6.92 Å². The van der Waals surface area contributed by atoms with Crippen LogP contribution >= 0.6 is 11.6 Å². The molecule has 0 aliphatic rings. The minimum absolute atomic E-state index is 0.0163. The smallest absolute Gasteiger partial charge is 0.261 e. The number of halogens is 2. The average molecular weight is 357 g/mol.